The van der Waals surface area contributed by atoms with Crippen LogP contribution in [0.1, 0.15) is 57.8 Å². The summed E-state index contributed by atoms with van der Waals surface area (Å²) in [5.41, 5.74) is 0. The molecule has 1 N–H and O–H groups in total. The number of carboxylic acids is 1. The standard InChI is InChI=1S/C19H30O4/c1-22-14-8-4-6-10-16-15(17-12-13-18(16)23-17)9-5-2-3-7-11-19(20)21/h2,5,8,14-18H,3-4,6-7,9-13H2,1H3,(H,20,21)/t15-,16+,17-,18+/m0/s1. The van der Waals surface area contributed by atoms with Crippen molar-refractivity contribution in [1.82, 2.24) is 0 Å². The average molecular weight is 322 g/mol. The van der Waals surface area contributed by atoms with Gasteiger partial charge in [0.25, 0.3) is 0 Å². The molecule has 0 spiro atoms. The number of fused-ring (bicyclic) bond motifs is 2. The summed E-state index contributed by atoms with van der Waals surface area (Å²) in [6.45, 7) is 0. The van der Waals surface area contributed by atoms with E-state index in [2.05, 4.69) is 18.2 Å². The lowest BCUT2D eigenvalue weighted by Crippen LogP contribution is -2.26. The lowest BCUT2D eigenvalue weighted by molar-refractivity contribution is -0.137. The predicted molar refractivity (Wildman–Crippen MR) is 90.1 cm³/mol. The van der Waals surface area contributed by atoms with Gasteiger partial charge in [-0.15, -0.1) is 0 Å². The third kappa shape index (κ3) is 5.69. The zero-order chi connectivity index (χ0) is 16.5. The molecule has 0 aromatic carbocycles. The highest BCUT2D eigenvalue weighted by Crippen LogP contribution is 2.47. The van der Waals surface area contributed by atoms with Crippen LogP contribution in [0.5, 0.6) is 0 Å². The highest BCUT2D eigenvalue weighted by atomic mass is 16.5. The number of ether oxygens (including phenoxy) is 2. The van der Waals surface area contributed by atoms with Gasteiger partial charge in [-0.25, -0.2) is 0 Å². The quantitative estimate of drug-likeness (QED) is 0.350. The highest BCUT2D eigenvalue weighted by Gasteiger charge is 2.47. The van der Waals surface area contributed by atoms with E-state index in [1.807, 2.05) is 0 Å². The Bertz CT molecular complexity index is 416. The van der Waals surface area contributed by atoms with E-state index in [0.717, 1.165) is 25.7 Å². The fraction of sp³-hybridized carbons (Fsp3) is 0.737. The Balaban J connectivity index is 1.71. The summed E-state index contributed by atoms with van der Waals surface area (Å²) >= 11 is 0. The van der Waals surface area contributed by atoms with Gasteiger partial charge in [0.15, 0.2) is 0 Å². The van der Waals surface area contributed by atoms with E-state index in [4.69, 9.17) is 14.6 Å². The Labute approximate surface area is 139 Å². The van der Waals surface area contributed by atoms with Crippen LogP contribution in [0, 0.1) is 11.8 Å². The maximum atomic E-state index is 10.5. The van der Waals surface area contributed by atoms with Crippen molar-refractivity contribution in [3.05, 3.63) is 24.5 Å². The van der Waals surface area contributed by atoms with Gasteiger partial charge in [-0.3, -0.25) is 4.79 Å². The van der Waals surface area contributed by atoms with E-state index in [9.17, 15) is 4.79 Å². The van der Waals surface area contributed by atoms with Gasteiger partial charge in [0.2, 0.25) is 0 Å². The summed E-state index contributed by atoms with van der Waals surface area (Å²) in [5.74, 6) is 0.631. The fourth-order valence-corrected chi connectivity index (χ4v) is 3.98. The van der Waals surface area contributed by atoms with E-state index >= 15 is 0 Å². The normalized spacial score (nSPS) is 29.8. The van der Waals surface area contributed by atoms with Crippen LogP contribution in [-0.4, -0.2) is 30.4 Å². The van der Waals surface area contributed by atoms with E-state index in [-0.39, 0.29) is 6.42 Å². The maximum Gasteiger partial charge on any atom is 0.303 e. The molecule has 23 heavy (non-hydrogen) atoms. The first-order valence-electron chi connectivity index (χ1n) is 8.92. The summed E-state index contributed by atoms with van der Waals surface area (Å²) in [6, 6.07) is 0. The van der Waals surface area contributed by atoms with Crippen LogP contribution < -0.4 is 0 Å². The minimum Gasteiger partial charge on any atom is -0.505 e. The molecule has 2 bridgehead atoms. The number of unbranched alkanes of at least 4 members (excludes halogenated alkanes) is 2. The first-order chi connectivity index (χ1) is 11.2. The number of allylic oxidation sites excluding steroid dienone is 3. The topological polar surface area (TPSA) is 55.8 Å². The second-order valence-electron chi connectivity index (χ2n) is 6.65. The van der Waals surface area contributed by atoms with Crippen molar-refractivity contribution >= 4 is 5.97 Å². The second-order valence-corrected chi connectivity index (χ2v) is 6.65. The molecular formula is C19H30O4. The molecule has 130 valence electrons. The van der Waals surface area contributed by atoms with Crippen molar-refractivity contribution in [2.45, 2.75) is 70.0 Å². The number of carboxylic acid groups (broad SMARTS) is 1. The minimum atomic E-state index is -0.706. The molecule has 2 heterocycles. The molecule has 0 radical (unpaired) electrons. The van der Waals surface area contributed by atoms with Crippen LogP contribution >= 0.6 is 0 Å². The van der Waals surface area contributed by atoms with Gasteiger partial charge in [-0.2, -0.15) is 0 Å². The number of methoxy groups -OCH3 is 1. The van der Waals surface area contributed by atoms with E-state index in [1.165, 1.54) is 25.7 Å². The number of aliphatic carboxylic acids is 1. The molecule has 0 amide bonds. The fourth-order valence-electron chi connectivity index (χ4n) is 3.98. The molecule has 0 aliphatic carbocycles. The Morgan fingerprint density at radius 3 is 2.61 bits per heavy atom. The molecule has 0 aromatic heterocycles. The van der Waals surface area contributed by atoms with Crippen LogP contribution in [0.15, 0.2) is 24.5 Å². The molecule has 4 heteroatoms. The number of carbonyl (C=O) groups is 1. The summed E-state index contributed by atoms with van der Waals surface area (Å²) in [6.07, 6.45) is 18.0. The number of rotatable bonds is 11. The molecule has 2 aliphatic heterocycles. The Morgan fingerprint density at radius 1 is 1.13 bits per heavy atom. The van der Waals surface area contributed by atoms with Gasteiger partial charge in [0.1, 0.15) is 0 Å². The molecule has 2 saturated heterocycles. The van der Waals surface area contributed by atoms with Crippen molar-refractivity contribution in [2.24, 2.45) is 11.8 Å². The Morgan fingerprint density at radius 2 is 1.87 bits per heavy atom. The molecule has 0 aromatic rings. The summed E-state index contributed by atoms with van der Waals surface area (Å²) in [4.78, 5) is 10.5. The maximum absolute atomic E-state index is 10.5. The van der Waals surface area contributed by atoms with Crippen LogP contribution in [0.25, 0.3) is 0 Å². The van der Waals surface area contributed by atoms with Crippen molar-refractivity contribution in [3.63, 3.8) is 0 Å². The monoisotopic (exact) mass is 322 g/mol. The zero-order valence-corrected chi connectivity index (χ0v) is 14.2. The minimum absolute atomic E-state index is 0.263. The van der Waals surface area contributed by atoms with Crippen molar-refractivity contribution in [2.75, 3.05) is 7.11 Å². The molecule has 0 unspecified atom stereocenters. The Kier molecular flexibility index (Phi) is 7.66. The Hall–Kier alpha value is -1.29. The highest BCUT2D eigenvalue weighted by molar-refractivity contribution is 5.66. The van der Waals surface area contributed by atoms with Gasteiger partial charge in [0.05, 0.1) is 25.6 Å². The van der Waals surface area contributed by atoms with Crippen molar-refractivity contribution < 1.29 is 19.4 Å². The molecule has 4 nitrogen and oxygen atoms in total. The average Bonchev–Trinajstić information content (AvgIpc) is 3.12. The first-order valence-corrected chi connectivity index (χ1v) is 8.92. The SMILES string of the molecule is COC=CCCC[C@@H]1[C@H](CC=CCCCC(=O)O)[C@@H]2CC[C@H]1O2. The molecule has 2 fully saturated rings. The number of hydrogen-bond acceptors (Lipinski definition) is 3. The number of hydrogen-bond donors (Lipinski definition) is 1. The second kappa shape index (κ2) is 9.76. The third-order valence-corrected chi connectivity index (χ3v) is 5.07. The van der Waals surface area contributed by atoms with Crippen molar-refractivity contribution in [1.29, 1.82) is 0 Å². The summed E-state index contributed by atoms with van der Waals surface area (Å²) in [5, 5.41) is 8.63. The van der Waals surface area contributed by atoms with Gasteiger partial charge in [-0.05, 0) is 69.3 Å². The molecule has 2 aliphatic rings. The zero-order valence-electron chi connectivity index (χ0n) is 14.2. The molecule has 2 rings (SSSR count). The van der Waals surface area contributed by atoms with E-state index < -0.39 is 5.97 Å². The van der Waals surface area contributed by atoms with Crippen LogP contribution in [0.3, 0.4) is 0 Å². The molecular weight excluding hydrogens is 292 g/mol. The van der Waals surface area contributed by atoms with Gasteiger partial charge in [-0.1, -0.05) is 12.2 Å². The predicted octanol–water partition coefficient (Wildman–Crippen LogP) is 4.31. The first kappa shape index (κ1) is 18.1. The van der Waals surface area contributed by atoms with Gasteiger partial charge in [0, 0.05) is 6.42 Å². The molecule has 4 atom stereocenters. The van der Waals surface area contributed by atoms with Gasteiger partial charge < -0.3 is 14.6 Å². The van der Waals surface area contributed by atoms with Gasteiger partial charge >= 0.3 is 5.97 Å². The van der Waals surface area contributed by atoms with Crippen molar-refractivity contribution in [3.8, 4) is 0 Å². The van der Waals surface area contributed by atoms with E-state index in [0.29, 0.717) is 24.0 Å². The van der Waals surface area contributed by atoms with E-state index in [1.54, 1.807) is 13.4 Å². The lowest BCUT2D eigenvalue weighted by atomic mass is 9.75. The molecule has 0 saturated carbocycles. The third-order valence-electron chi connectivity index (χ3n) is 5.07. The lowest BCUT2D eigenvalue weighted by Gasteiger charge is -2.27. The summed E-state index contributed by atoms with van der Waals surface area (Å²) < 4.78 is 11.1. The van der Waals surface area contributed by atoms with Crippen LogP contribution in [0.2, 0.25) is 0 Å². The smallest absolute Gasteiger partial charge is 0.303 e. The van der Waals surface area contributed by atoms with Crippen LogP contribution in [0.4, 0.5) is 0 Å². The summed E-state index contributed by atoms with van der Waals surface area (Å²) in [7, 11) is 1.68. The van der Waals surface area contributed by atoms with Crippen LogP contribution in [-0.2, 0) is 14.3 Å². The largest absolute Gasteiger partial charge is 0.505 e.